The first kappa shape index (κ1) is 10.0. The van der Waals surface area contributed by atoms with Crippen molar-refractivity contribution >= 4 is 15.9 Å². The molecule has 3 nitrogen and oxygen atoms in total. The third-order valence-corrected chi connectivity index (χ3v) is 3.38. The van der Waals surface area contributed by atoms with Gasteiger partial charge in [0, 0.05) is 10.4 Å². The maximum absolute atomic E-state index is 5.66. The Labute approximate surface area is 102 Å². The molecular weight excluding hydrogens is 268 g/mol. The lowest BCUT2D eigenvalue weighted by Crippen LogP contribution is -1.81. The topological polar surface area (TPSA) is 38.9 Å². The summed E-state index contributed by atoms with van der Waals surface area (Å²) in [5.74, 6) is 1.89. The van der Waals surface area contributed by atoms with Gasteiger partial charge in [-0.1, -0.05) is 6.07 Å². The van der Waals surface area contributed by atoms with Crippen LogP contribution < -0.4 is 0 Å². The molecule has 16 heavy (non-hydrogen) atoms. The third kappa shape index (κ3) is 1.78. The minimum Gasteiger partial charge on any atom is -0.420 e. The molecular formula is C12H11BrN2O. The zero-order valence-corrected chi connectivity index (χ0v) is 10.5. The van der Waals surface area contributed by atoms with Crippen LogP contribution in [0.25, 0.3) is 11.5 Å². The van der Waals surface area contributed by atoms with Crippen LogP contribution in [0.2, 0.25) is 0 Å². The third-order valence-electron chi connectivity index (χ3n) is 2.72. The van der Waals surface area contributed by atoms with Crippen molar-refractivity contribution in [2.45, 2.75) is 25.7 Å². The van der Waals surface area contributed by atoms with Crippen molar-refractivity contribution < 1.29 is 4.42 Å². The molecule has 0 bridgehead atoms. The number of nitrogens with zero attached hydrogens (tertiary/aromatic N) is 2. The summed E-state index contributed by atoms with van der Waals surface area (Å²) in [4.78, 5) is 0. The molecule has 0 amide bonds. The van der Waals surface area contributed by atoms with Gasteiger partial charge < -0.3 is 4.42 Å². The van der Waals surface area contributed by atoms with Crippen LogP contribution in [-0.2, 0) is 0 Å². The predicted octanol–water partition coefficient (Wildman–Crippen LogP) is 3.68. The molecule has 1 saturated carbocycles. The Bertz CT molecular complexity index is 532. The SMILES string of the molecule is Cc1ccc(-c2nnc(C3CC3)o2)c(Br)c1. The molecule has 0 saturated heterocycles. The molecule has 0 N–H and O–H groups in total. The quantitative estimate of drug-likeness (QED) is 0.841. The van der Waals surface area contributed by atoms with Crippen LogP contribution in [-0.4, -0.2) is 10.2 Å². The molecule has 4 heteroatoms. The summed E-state index contributed by atoms with van der Waals surface area (Å²) in [5, 5.41) is 8.17. The normalized spacial score (nSPS) is 15.4. The first-order chi connectivity index (χ1) is 7.74. The van der Waals surface area contributed by atoms with E-state index in [0.29, 0.717) is 11.8 Å². The molecule has 3 rings (SSSR count). The van der Waals surface area contributed by atoms with Gasteiger partial charge >= 0.3 is 0 Å². The van der Waals surface area contributed by atoms with E-state index in [-0.39, 0.29) is 0 Å². The predicted molar refractivity (Wildman–Crippen MR) is 64.1 cm³/mol. The Balaban J connectivity index is 2.00. The van der Waals surface area contributed by atoms with Crippen molar-refractivity contribution in [2.75, 3.05) is 0 Å². The molecule has 0 atom stereocenters. The maximum atomic E-state index is 5.66. The smallest absolute Gasteiger partial charge is 0.248 e. The van der Waals surface area contributed by atoms with Crippen molar-refractivity contribution in [1.82, 2.24) is 10.2 Å². The van der Waals surface area contributed by atoms with Gasteiger partial charge in [0.15, 0.2) is 0 Å². The molecule has 0 radical (unpaired) electrons. The van der Waals surface area contributed by atoms with Crippen LogP contribution in [0.3, 0.4) is 0 Å². The second kappa shape index (κ2) is 3.70. The standard InChI is InChI=1S/C12H11BrN2O/c1-7-2-5-9(10(13)6-7)12-15-14-11(16-12)8-3-4-8/h2,5-6,8H,3-4H2,1H3. The number of aromatic nitrogens is 2. The zero-order chi connectivity index (χ0) is 11.1. The minimum absolute atomic E-state index is 0.505. The fourth-order valence-corrected chi connectivity index (χ4v) is 2.30. The Morgan fingerprint density at radius 2 is 2.12 bits per heavy atom. The van der Waals surface area contributed by atoms with Gasteiger partial charge in [-0.2, -0.15) is 0 Å². The maximum Gasteiger partial charge on any atom is 0.248 e. The molecule has 0 unspecified atom stereocenters. The molecule has 1 fully saturated rings. The lowest BCUT2D eigenvalue weighted by molar-refractivity contribution is 0.508. The Hall–Kier alpha value is -1.16. The fraction of sp³-hybridized carbons (Fsp3) is 0.333. The van der Waals surface area contributed by atoms with Gasteiger partial charge in [-0.05, 0) is 53.4 Å². The van der Waals surface area contributed by atoms with Crippen LogP contribution >= 0.6 is 15.9 Å². The molecule has 82 valence electrons. The van der Waals surface area contributed by atoms with E-state index < -0.39 is 0 Å². The molecule has 1 aromatic carbocycles. The summed E-state index contributed by atoms with van der Waals surface area (Å²) in [6, 6.07) is 6.10. The van der Waals surface area contributed by atoms with E-state index in [9.17, 15) is 0 Å². The van der Waals surface area contributed by atoms with Gasteiger partial charge in [-0.25, -0.2) is 0 Å². The van der Waals surface area contributed by atoms with Crippen molar-refractivity contribution in [2.24, 2.45) is 0 Å². The fourth-order valence-electron chi connectivity index (χ4n) is 1.63. The van der Waals surface area contributed by atoms with E-state index >= 15 is 0 Å². The highest BCUT2D eigenvalue weighted by Gasteiger charge is 2.29. The lowest BCUT2D eigenvalue weighted by Gasteiger charge is -2.00. The highest BCUT2D eigenvalue weighted by atomic mass is 79.9. The van der Waals surface area contributed by atoms with Crippen molar-refractivity contribution in [1.29, 1.82) is 0 Å². The Kier molecular flexibility index (Phi) is 2.32. The number of hydrogen-bond acceptors (Lipinski definition) is 3. The number of rotatable bonds is 2. The van der Waals surface area contributed by atoms with Crippen LogP contribution in [0.15, 0.2) is 27.1 Å². The average Bonchev–Trinajstić information content (AvgIpc) is 2.98. The van der Waals surface area contributed by atoms with Crippen molar-refractivity contribution in [3.63, 3.8) is 0 Å². The monoisotopic (exact) mass is 278 g/mol. The van der Waals surface area contributed by atoms with Gasteiger partial charge in [0.05, 0.1) is 5.56 Å². The van der Waals surface area contributed by atoms with E-state index in [1.165, 1.54) is 18.4 Å². The second-order valence-electron chi connectivity index (χ2n) is 4.20. The van der Waals surface area contributed by atoms with Gasteiger partial charge in [0.1, 0.15) is 0 Å². The summed E-state index contributed by atoms with van der Waals surface area (Å²) >= 11 is 3.52. The minimum atomic E-state index is 0.505. The van der Waals surface area contributed by atoms with Crippen LogP contribution in [0.5, 0.6) is 0 Å². The number of aryl methyl sites for hydroxylation is 1. The summed E-state index contributed by atoms with van der Waals surface area (Å²) < 4.78 is 6.66. The van der Waals surface area contributed by atoms with Crippen LogP contribution in [0.1, 0.15) is 30.2 Å². The number of hydrogen-bond donors (Lipinski definition) is 0. The summed E-state index contributed by atoms with van der Waals surface area (Å²) in [7, 11) is 0. The lowest BCUT2D eigenvalue weighted by atomic mass is 10.1. The molecule has 1 aromatic heterocycles. The van der Waals surface area contributed by atoms with Crippen molar-refractivity contribution in [3.05, 3.63) is 34.1 Å². The zero-order valence-electron chi connectivity index (χ0n) is 8.90. The molecule has 1 aliphatic carbocycles. The van der Waals surface area contributed by atoms with Gasteiger partial charge in [0.2, 0.25) is 11.8 Å². The van der Waals surface area contributed by atoms with Crippen molar-refractivity contribution in [3.8, 4) is 11.5 Å². The van der Waals surface area contributed by atoms with Gasteiger partial charge in [-0.15, -0.1) is 10.2 Å². The summed E-state index contributed by atoms with van der Waals surface area (Å²) in [6.07, 6.45) is 2.35. The van der Waals surface area contributed by atoms with E-state index in [1.54, 1.807) is 0 Å². The molecule has 0 spiro atoms. The van der Waals surface area contributed by atoms with Gasteiger partial charge in [0.25, 0.3) is 0 Å². The van der Waals surface area contributed by atoms with E-state index in [2.05, 4.69) is 39.1 Å². The molecule has 1 aliphatic rings. The Morgan fingerprint density at radius 1 is 1.31 bits per heavy atom. The van der Waals surface area contributed by atoms with Crippen LogP contribution in [0.4, 0.5) is 0 Å². The highest BCUT2D eigenvalue weighted by molar-refractivity contribution is 9.10. The van der Waals surface area contributed by atoms with Crippen LogP contribution in [0, 0.1) is 6.92 Å². The molecule has 2 aromatic rings. The molecule has 0 aliphatic heterocycles. The largest absolute Gasteiger partial charge is 0.420 e. The summed E-state index contributed by atoms with van der Waals surface area (Å²) in [5.41, 5.74) is 2.17. The Morgan fingerprint density at radius 3 is 2.81 bits per heavy atom. The number of halogens is 1. The highest BCUT2D eigenvalue weighted by Crippen LogP contribution is 2.40. The average molecular weight is 279 g/mol. The first-order valence-electron chi connectivity index (χ1n) is 5.34. The second-order valence-corrected chi connectivity index (χ2v) is 5.06. The summed E-state index contributed by atoms with van der Waals surface area (Å²) in [6.45, 7) is 2.05. The van der Waals surface area contributed by atoms with Gasteiger partial charge in [-0.3, -0.25) is 0 Å². The van der Waals surface area contributed by atoms with E-state index in [0.717, 1.165) is 15.9 Å². The number of benzene rings is 1. The molecule has 1 heterocycles. The van der Waals surface area contributed by atoms with E-state index in [4.69, 9.17) is 4.42 Å². The van der Waals surface area contributed by atoms with E-state index in [1.807, 2.05) is 12.1 Å². The first-order valence-corrected chi connectivity index (χ1v) is 6.13.